The van der Waals surface area contributed by atoms with E-state index in [9.17, 15) is 4.79 Å². The van der Waals surface area contributed by atoms with Gasteiger partial charge < -0.3 is 15.8 Å². The van der Waals surface area contributed by atoms with E-state index in [4.69, 9.17) is 10.5 Å². The second kappa shape index (κ2) is 8.25. The summed E-state index contributed by atoms with van der Waals surface area (Å²) in [4.78, 5) is 12.2. The molecule has 0 saturated heterocycles. The molecule has 0 aliphatic heterocycles. The Morgan fingerprint density at radius 3 is 2.48 bits per heavy atom. The van der Waals surface area contributed by atoms with Crippen LogP contribution in [-0.4, -0.2) is 24.1 Å². The Labute approximate surface area is 133 Å². The van der Waals surface area contributed by atoms with Gasteiger partial charge in [0.25, 0.3) is 5.91 Å². The van der Waals surface area contributed by atoms with Crippen LogP contribution < -0.4 is 15.8 Å². The van der Waals surface area contributed by atoms with Crippen molar-refractivity contribution in [3.63, 3.8) is 0 Å². The molecule has 0 aliphatic carbocycles. The molecule has 120 valence electrons. The van der Waals surface area contributed by atoms with E-state index < -0.39 is 11.6 Å². The first-order valence-corrected chi connectivity index (χ1v) is 7.04. The fourth-order valence-corrected chi connectivity index (χ4v) is 1.76. The third-order valence-electron chi connectivity index (χ3n) is 3.78. The zero-order valence-corrected chi connectivity index (χ0v) is 14.3. The van der Waals surface area contributed by atoms with Crippen LogP contribution in [0.15, 0.2) is 24.3 Å². The number of hydrogen-bond donors (Lipinski definition) is 2. The highest BCUT2D eigenvalue weighted by Crippen LogP contribution is 2.17. The van der Waals surface area contributed by atoms with Crippen LogP contribution in [-0.2, 0) is 4.79 Å². The molecule has 0 bridgehead atoms. The lowest BCUT2D eigenvalue weighted by molar-refractivity contribution is -0.129. The topological polar surface area (TPSA) is 64.3 Å². The molecule has 0 heterocycles. The fraction of sp³-hybridized carbons (Fsp3) is 0.562. The predicted octanol–water partition coefficient (Wildman–Crippen LogP) is 2.67. The van der Waals surface area contributed by atoms with Crippen LogP contribution in [0.25, 0.3) is 0 Å². The first-order valence-electron chi connectivity index (χ1n) is 7.04. The third kappa shape index (κ3) is 5.56. The third-order valence-corrected chi connectivity index (χ3v) is 3.78. The first kappa shape index (κ1) is 19.7. The highest BCUT2D eigenvalue weighted by molar-refractivity contribution is 5.85. The van der Waals surface area contributed by atoms with Crippen molar-refractivity contribution in [2.24, 2.45) is 11.7 Å². The first-order chi connectivity index (χ1) is 9.28. The molecule has 0 fully saturated rings. The van der Waals surface area contributed by atoms with E-state index in [2.05, 4.69) is 5.32 Å². The van der Waals surface area contributed by atoms with E-state index in [0.29, 0.717) is 12.3 Å². The summed E-state index contributed by atoms with van der Waals surface area (Å²) in [5.74, 6) is 0.808. The van der Waals surface area contributed by atoms with Gasteiger partial charge in [-0.15, -0.1) is 12.4 Å². The van der Waals surface area contributed by atoms with Gasteiger partial charge >= 0.3 is 0 Å². The second-order valence-corrected chi connectivity index (χ2v) is 5.84. The van der Waals surface area contributed by atoms with Gasteiger partial charge in [0.1, 0.15) is 5.75 Å². The molecule has 3 N–H and O–H groups in total. The van der Waals surface area contributed by atoms with E-state index in [1.165, 1.54) is 0 Å². The number of halogens is 1. The van der Waals surface area contributed by atoms with Gasteiger partial charge in [0.2, 0.25) is 0 Å². The summed E-state index contributed by atoms with van der Waals surface area (Å²) in [6.45, 7) is 10.2. The zero-order valence-electron chi connectivity index (χ0n) is 13.5. The summed E-state index contributed by atoms with van der Waals surface area (Å²) < 4.78 is 5.67. The van der Waals surface area contributed by atoms with Crippen LogP contribution in [0.2, 0.25) is 0 Å². The molecule has 1 aromatic rings. The van der Waals surface area contributed by atoms with Gasteiger partial charge in [0.15, 0.2) is 6.10 Å². The number of aryl methyl sites for hydroxylation is 1. The summed E-state index contributed by atoms with van der Waals surface area (Å²) in [6.07, 6.45) is -0.554. The van der Waals surface area contributed by atoms with Crippen molar-refractivity contribution < 1.29 is 9.53 Å². The van der Waals surface area contributed by atoms with Gasteiger partial charge in [-0.2, -0.15) is 0 Å². The second-order valence-electron chi connectivity index (χ2n) is 5.84. The van der Waals surface area contributed by atoms with Crippen molar-refractivity contribution in [1.29, 1.82) is 0 Å². The number of nitrogens with one attached hydrogen (secondary N) is 1. The summed E-state index contributed by atoms with van der Waals surface area (Å²) in [7, 11) is 0. The molecule has 21 heavy (non-hydrogen) atoms. The molecular weight excluding hydrogens is 288 g/mol. The summed E-state index contributed by atoms with van der Waals surface area (Å²) in [5.41, 5.74) is 6.46. The number of hydrogen-bond acceptors (Lipinski definition) is 3. The maximum atomic E-state index is 12.2. The van der Waals surface area contributed by atoms with Gasteiger partial charge in [-0.25, -0.2) is 0 Å². The van der Waals surface area contributed by atoms with Crippen molar-refractivity contribution in [1.82, 2.24) is 5.32 Å². The molecule has 1 aromatic carbocycles. The Bertz CT molecular complexity index is 465. The standard InChI is InChI=1S/C16H26N2O2.ClH/c1-11(2)16(5,10-17)18-15(19)13(4)20-14-8-6-7-12(3)9-14;/h6-9,11,13H,10,17H2,1-5H3,(H,18,19);1H. The van der Waals surface area contributed by atoms with Crippen LogP contribution in [0.5, 0.6) is 5.75 Å². The highest BCUT2D eigenvalue weighted by Gasteiger charge is 2.30. The average Bonchev–Trinajstić information content (AvgIpc) is 2.38. The molecule has 1 amide bonds. The molecule has 2 atom stereocenters. The molecule has 0 radical (unpaired) electrons. The van der Waals surface area contributed by atoms with Crippen LogP contribution in [0, 0.1) is 12.8 Å². The number of carbonyl (C=O) groups is 1. The van der Waals surface area contributed by atoms with E-state index in [0.717, 1.165) is 5.56 Å². The SMILES string of the molecule is Cc1cccc(OC(C)C(=O)NC(C)(CN)C(C)C)c1.Cl. The Morgan fingerprint density at radius 2 is 2.00 bits per heavy atom. The van der Waals surface area contributed by atoms with Crippen LogP contribution in [0.3, 0.4) is 0 Å². The van der Waals surface area contributed by atoms with Crippen molar-refractivity contribution in [3.05, 3.63) is 29.8 Å². The normalized spacial score (nSPS) is 14.8. The van der Waals surface area contributed by atoms with E-state index in [1.54, 1.807) is 6.92 Å². The molecule has 5 heteroatoms. The summed E-state index contributed by atoms with van der Waals surface area (Å²) >= 11 is 0. The smallest absolute Gasteiger partial charge is 0.261 e. The summed E-state index contributed by atoms with van der Waals surface area (Å²) in [6, 6.07) is 7.66. The van der Waals surface area contributed by atoms with Crippen molar-refractivity contribution in [3.8, 4) is 5.75 Å². The molecule has 0 aliphatic rings. The van der Waals surface area contributed by atoms with Crippen LogP contribution in [0.1, 0.15) is 33.3 Å². The highest BCUT2D eigenvalue weighted by atomic mass is 35.5. The maximum absolute atomic E-state index is 12.2. The number of ether oxygens (including phenoxy) is 1. The largest absolute Gasteiger partial charge is 0.481 e. The number of rotatable bonds is 6. The molecule has 0 spiro atoms. The molecular formula is C16H27ClN2O2. The van der Waals surface area contributed by atoms with Crippen molar-refractivity contribution in [2.45, 2.75) is 46.3 Å². The Balaban J connectivity index is 0.00000400. The van der Waals surface area contributed by atoms with Gasteiger partial charge in [0.05, 0.1) is 5.54 Å². The zero-order chi connectivity index (χ0) is 15.3. The number of nitrogens with two attached hydrogens (primary N) is 1. The average molecular weight is 315 g/mol. The summed E-state index contributed by atoms with van der Waals surface area (Å²) in [5, 5.41) is 2.99. The van der Waals surface area contributed by atoms with E-state index in [-0.39, 0.29) is 24.2 Å². The number of benzene rings is 1. The monoisotopic (exact) mass is 314 g/mol. The minimum Gasteiger partial charge on any atom is -0.481 e. The lowest BCUT2D eigenvalue weighted by Crippen LogP contribution is -2.57. The predicted molar refractivity (Wildman–Crippen MR) is 89.0 cm³/mol. The maximum Gasteiger partial charge on any atom is 0.261 e. The molecule has 2 unspecified atom stereocenters. The van der Waals surface area contributed by atoms with Gasteiger partial charge in [-0.1, -0.05) is 26.0 Å². The van der Waals surface area contributed by atoms with Gasteiger partial charge in [-0.05, 0) is 44.4 Å². The molecule has 0 saturated carbocycles. The van der Waals surface area contributed by atoms with Crippen LogP contribution in [0.4, 0.5) is 0 Å². The lowest BCUT2D eigenvalue weighted by Gasteiger charge is -2.34. The lowest BCUT2D eigenvalue weighted by atomic mass is 9.88. The van der Waals surface area contributed by atoms with Gasteiger partial charge in [-0.3, -0.25) is 4.79 Å². The molecule has 1 rings (SSSR count). The van der Waals surface area contributed by atoms with Gasteiger partial charge in [0, 0.05) is 6.54 Å². The Kier molecular flexibility index (Phi) is 7.75. The van der Waals surface area contributed by atoms with Crippen LogP contribution >= 0.6 is 12.4 Å². The van der Waals surface area contributed by atoms with E-state index in [1.807, 2.05) is 52.0 Å². The minimum absolute atomic E-state index is 0. The van der Waals surface area contributed by atoms with E-state index >= 15 is 0 Å². The number of carbonyl (C=O) groups excluding carboxylic acids is 1. The minimum atomic E-state index is -0.554. The number of amides is 1. The fourth-order valence-electron chi connectivity index (χ4n) is 1.76. The molecule has 0 aromatic heterocycles. The Morgan fingerprint density at radius 1 is 1.38 bits per heavy atom. The van der Waals surface area contributed by atoms with Crippen molar-refractivity contribution in [2.75, 3.05) is 6.54 Å². The molecule has 4 nitrogen and oxygen atoms in total. The quantitative estimate of drug-likeness (QED) is 0.848. The Hall–Kier alpha value is -1.26. The van der Waals surface area contributed by atoms with Crippen molar-refractivity contribution >= 4 is 18.3 Å².